The third-order valence-corrected chi connectivity index (χ3v) is 7.80. The SMILES string of the molecule is C[C@@H]1CC[C@H]2[C@@H](C)C(=O)N[C@@H]3O[C@@]4(C)CC[C@@H]1[C@]32OO4.O=C(O)c1cc(Br)ccc1O. The number of nitrogens with one attached hydrogen (secondary N) is 1. The Morgan fingerprint density at radius 3 is 2.61 bits per heavy atom. The van der Waals surface area contributed by atoms with Crippen molar-refractivity contribution in [3.05, 3.63) is 28.2 Å². The van der Waals surface area contributed by atoms with Crippen LogP contribution in [0, 0.1) is 23.7 Å². The van der Waals surface area contributed by atoms with Crippen LogP contribution in [-0.4, -0.2) is 39.7 Å². The van der Waals surface area contributed by atoms with Gasteiger partial charge in [0.2, 0.25) is 11.7 Å². The summed E-state index contributed by atoms with van der Waals surface area (Å²) in [5, 5.41) is 20.6. The van der Waals surface area contributed by atoms with Gasteiger partial charge in [0.25, 0.3) is 0 Å². The van der Waals surface area contributed by atoms with Crippen LogP contribution in [0.2, 0.25) is 0 Å². The minimum atomic E-state index is -1.14. The minimum absolute atomic E-state index is 0.0455. The molecule has 5 fully saturated rings. The number of carbonyl (C=O) groups excluding carboxylic acids is 1. The van der Waals surface area contributed by atoms with Crippen molar-refractivity contribution in [1.82, 2.24) is 5.32 Å². The number of phenols is 1. The van der Waals surface area contributed by atoms with Gasteiger partial charge in [0, 0.05) is 22.7 Å². The van der Waals surface area contributed by atoms with E-state index in [4.69, 9.17) is 24.7 Å². The highest BCUT2D eigenvalue weighted by atomic mass is 79.9. The average Bonchev–Trinajstić information content (AvgIpc) is 2.94. The van der Waals surface area contributed by atoms with Crippen LogP contribution in [-0.2, 0) is 19.3 Å². The number of hydrogen-bond acceptors (Lipinski definition) is 6. The van der Waals surface area contributed by atoms with E-state index in [-0.39, 0.29) is 35.3 Å². The zero-order valence-corrected chi connectivity index (χ0v) is 19.3. The van der Waals surface area contributed by atoms with E-state index < -0.39 is 17.4 Å². The Balaban J connectivity index is 0.000000180. The van der Waals surface area contributed by atoms with Crippen molar-refractivity contribution in [3.8, 4) is 5.75 Å². The van der Waals surface area contributed by atoms with Crippen molar-refractivity contribution >= 4 is 27.8 Å². The number of fused-ring (bicyclic) bond motifs is 2. The number of hydrogen-bond donors (Lipinski definition) is 3. The molecule has 8 nitrogen and oxygen atoms in total. The van der Waals surface area contributed by atoms with Crippen molar-refractivity contribution in [2.45, 2.75) is 64.1 Å². The standard InChI is InChI=1S/C15H23NO4.C7H5BrO3/c1-8-4-5-11-9(2)12(17)16-13-15(11)10(8)6-7-14(3,18-13)19-20-15;8-4-1-2-6(9)5(3-4)7(10)11/h8-11,13H,4-7H2,1-3H3,(H,16,17);1-3,9H,(H,10,11)/t8-,9-,10+,11+,13-,14-,15-;/m1./s1. The number of carbonyl (C=O) groups is 2. The molecule has 1 aromatic carbocycles. The van der Waals surface area contributed by atoms with Crippen LogP contribution < -0.4 is 5.32 Å². The first kappa shape index (κ1) is 22.5. The minimum Gasteiger partial charge on any atom is -0.507 e. The third kappa shape index (κ3) is 3.75. The molecule has 1 saturated carbocycles. The van der Waals surface area contributed by atoms with Crippen molar-refractivity contribution in [2.24, 2.45) is 23.7 Å². The van der Waals surface area contributed by atoms with E-state index in [1.54, 1.807) is 6.07 Å². The first-order chi connectivity index (χ1) is 14.6. The predicted molar refractivity (Wildman–Crippen MR) is 113 cm³/mol. The Hall–Kier alpha value is -1.68. The molecule has 4 saturated heterocycles. The maximum Gasteiger partial charge on any atom is 0.339 e. The highest BCUT2D eigenvalue weighted by molar-refractivity contribution is 9.10. The van der Waals surface area contributed by atoms with Crippen LogP contribution >= 0.6 is 15.9 Å². The van der Waals surface area contributed by atoms with Gasteiger partial charge in [-0.3, -0.25) is 4.79 Å². The molecule has 1 aliphatic carbocycles. The molecule has 0 aromatic heterocycles. The molecule has 3 N–H and O–H groups in total. The molecule has 4 heterocycles. The van der Waals surface area contributed by atoms with Crippen LogP contribution in [0.1, 0.15) is 56.8 Å². The van der Waals surface area contributed by atoms with Gasteiger partial charge in [-0.15, -0.1) is 0 Å². The molecule has 9 heteroatoms. The molecule has 2 bridgehead atoms. The number of benzene rings is 1. The van der Waals surface area contributed by atoms with Crippen LogP contribution in [0.3, 0.4) is 0 Å². The van der Waals surface area contributed by atoms with Gasteiger partial charge >= 0.3 is 5.97 Å². The fourth-order valence-corrected chi connectivity index (χ4v) is 5.96. The molecule has 1 amide bonds. The zero-order chi connectivity index (χ0) is 22.6. The maximum atomic E-state index is 12.2. The van der Waals surface area contributed by atoms with E-state index >= 15 is 0 Å². The summed E-state index contributed by atoms with van der Waals surface area (Å²) in [6.45, 7) is 6.19. The van der Waals surface area contributed by atoms with Gasteiger partial charge in [0.15, 0.2) is 11.8 Å². The number of piperidine rings is 1. The van der Waals surface area contributed by atoms with Crippen LogP contribution in [0.25, 0.3) is 0 Å². The van der Waals surface area contributed by atoms with Gasteiger partial charge in [-0.05, 0) is 56.2 Å². The van der Waals surface area contributed by atoms with E-state index in [1.807, 2.05) is 13.8 Å². The Morgan fingerprint density at radius 2 is 1.94 bits per heavy atom. The molecular formula is C22H28BrNO7. The zero-order valence-electron chi connectivity index (χ0n) is 17.8. The number of aromatic hydroxyl groups is 1. The molecule has 170 valence electrons. The van der Waals surface area contributed by atoms with Gasteiger partial charge in [-0.25, -0.2) is 14.6 Å². The summed E-state index contributed by atoms with van der Waals surface area (Å²) in [4.78, 5) is 34.3. The van der Waals surface area contributed by atoms with Crippen molar-refractivity contribution < 1.29 is 34.3 Å². The van der Waals surface area contributed by atoms with E-state index in [0.717, 1.165) is 25.7 Å². The highest BCUT2D eigenvalue weighted by Gasteiger charge is 2.68. The summed E-state index contributed by atoms with van der Waals surface area (Å²) in [7, 11) is 0. The van der Waals surface area contributed by atoms with Gasteiger partial charge in [0.1, 0.15) is 11.3 Å². The molecule has 5 aliphatic rings. The third-order valence-electron chi connectivity index (χ3n) is 7.31. The van der Waals surface area contributed by atoms with E-state index in [2.05, 4.69) is 28.2 Å². The lowest BCUT2D eigenvalue weighted by Crippen LogP contribution is -2.74. The maximum absolute atomic E-state index is 12.2. The lowest BCUT2D eigenvalue weighted by Gasteiger charge is -2.58. The van der Waals surface area contributed by atoms with Crippen LogP contribution in [0.5, 0.6) is 5.75 Å². The number of aromatic carboxylic acids is 1. The second-order valence-electron chi connectivity index (χ2n) is 9.22. The Labute approximate surface area is 189 Å². The fraction of sp³-hybridized carbons (Fsp3) is 0.636. The van der Waals surface area contributed by atoms with E-state index in [0.29, 0.717) is 16.3 Å². The van der Waals surface area contributed by atoms with Gasteiger partial charge in [0.05, 0.1) is 0 Å². The Kier molecular flexibility index (Phi) is 5.83. The quantitative estimate of drug-likeness (QED) is 0.505. The molecule has 4 aliphatic heterocycles. The summed E-state index contributed by atoms with van der Waals surface area (Å²) in [5.74, 6) is -0.905. The Morgan fingerprint density at radius 1 is 1.19 bits per heavy atom. The summed E-state index contributed by atoms with van der Waals surface area (Å²) >= 11 is 3.09. The highest BCUT2D eigenvalue weighted by Crippen LogP contribution is 2.58. The van der Waals surface area contributed by atoms with Gasteiger partial charge < -0.3 is 20.3 Å². The monoisotopic (exact) mass is 497 g/mol. The van der Waals surface area contributed by atoms with Crippen LogP contribution in [0.15, 0.2) is 22.7 Å². The molecule has 7 atom stereocenters. The lowest BCUT2D eigenvalue weighted by molar-refractivity contribution is -0.538. The molecule has 0 radical (unpaired) electrons. The van der Waals surface area contributed by atoms with Gasteiger partial charge in [-0.2, -0.15) is 0 Å². The number of halogens is 1. The van der Waals surface area contributed by atoms with Crippen LogP contribution in [0.4, 0.5) is 0 Å². The summed E-state index contributed by atoms with van der Waals surface area (Å²) < 4.78 is 6.75. The van der Waals surface area contributed by atoms with Crippen molar-refractivity contribution in [3.63, 3.8) is 0 Å². The number of carboxylic acids is 1. The van der Waals surface area contributed by atoms with Crippen molar-refractivity contribution in [1.29, 1.82) is 0 Å². The topological polar surface area (TPSA) is 114 Å². The number of rotatable bonds is 1. The number of ether oxygens (including phenoxy) is 1. The summed E-state index contributed by atoms with van der Waals surface area (Å²) in [6, 6.07) is 4.24. The Bertz CT molecular complexity index is 895. The first-order valence-electron chi connectivity index (χ1n) is 10.6. The van der Waals surface area contributed by atoms with E-state index in [1.165, 1.54) is 12.1 Å². The fourth-order valence-electron chi connectivity index (χ4n) is 5.60. The largest absolute Gasteiger partial charge is 0.507 e. The summed E-state index contributed by atoms with van der Waals surface area (Å²) in [5.41, 5.74) is -0.597. The van der Waals surface area contributed by atoms with E-state index in [9.17, 15) is 9.59 Å². The number of carboxylic acid groups (broad SMARTS) is 1. The normalized spacial score (nSPS) is 40.6. The molecule has 31 heavy (non-hydrogen) atoms. The molecule has 1 aromatic rings. The molecule has 1 spiro atoms. The van der Waals surface area contributed by atoms with Crippen molar-refractivity contribution in [2.75, 3.05) is 0 Å². The number of amides is 1. The smallest absolute Gasteiger partial charge is 0.339 e. The predicted octanol–water partition coefficient (Wildman–Crippen LogP) is 3.82. The molecular weight excluding hydrogens is 470 g/mol. The summed E-state index contributed by atoms with van der Waals surface area (Å²) in [6.07, 6.45) is 3.64. The lowest BCUT2D eigenvalue weighted by atomic mass is 9.57. The molecule has 6 rings (SSSR count). The molecule has 0 unspecified atom stereocenters. The average molecular weight is 498 g/mol. The van der Waals surface area contributed by atoms with Gasteiger partial charge in [-0.1, -0.05) is 29.8 Å². The second kappa shape index (κ2) is 8.03. The second-order valence-corrected chi connectivity index (χ2v) is 10.1. The first-order valence-corrected chi connectivity index (χ1v) is 11.4.